The highest BCUT2D eigenvalue weighted by Crippen LogP contribution is 2.32. The third-order valence-corrected chi connectivity index (χ3v) is 8.76. The van der Waals surface area contributed by atoms with Gasteiger partial charge in [0.25, 0.3) is 5.56 Å². The van der Waals surface area contributed by atoms with Crippen molar-refractivity contribution in [3.8, 4) is 23.1 Å². The summed E-state index contributed by atoms with van der Waals surface area (Å²) in [4.78, 5) is 18.1. The number of sulfonamides is 1. The number of nitrogens with zero attached hydrogens (tertiary/aromatic N) is 3. The highest BCUT2D eigenvalue weighted by atomic mass is 32.2. The van der Waals surface area contributed by atoms with Crippen molar-refractivity contribution in [2.24, 2.45) is 4.99 Å². The van der Waals surface area contributed by atoms with Crippen molar-refractivity contribution in [2.45, 2.75) is 25.7 Å². The molecule has 0 atom stereocenters. The molecule has 39 heavy (non-hydrogen) atoms. The van der Waals surface area contributed by atoms with Crippen LogP contribution in [0.2, 0.25) is 0 Å². The van der Waals surface area contributed by atoms with Gasteiger partial charge in [0, 0.05) is 36.1 Å². The molecule has 0 saturated heterocycles. The van der Waals surface area contributed by atoms with Crippen molar-refractivity contribution < 1.29 is 23.0 Å². The van der Waals surface area contributed by atoms with E-state index in [1.165, 1.54) is 35.4 Å². The minimum atomic E-state index is -3.70. The van der Waals surface area contributed by atoms with Crippen LogP contribution in [0.25, 0.3) is 16.5 Å². The first-order valence-corrected chi connectivity index (χ1v) is 13.9. The number of pyridine rings is 1. The molecule has 4 rings (SSSR count). The summed E-state index contributed by atoms with van der Waals surface area (Å²) in [5, 5.41) is 12.2. The number of fused-ring (bicyclic) bond motifs is 1. The zero-order valence-electron chi connectivity index (χ0n) is 22.5. The Morgan fingerprint density at radius 3 is 2.26 bits per heavy atom. The van der Waals surface area contributed by atoms with Gasteiger partial charge in [0.1, 0.15) is 0 Å². The standard InChI is InChI=1S/C29H31N3O6S/c1-6-31(7-2)39(35,36)27-16-20(13-12-19(27)3)30-18-24-22-10-8-9-11-23(22)28(33)32(29(24)34)21-14-15-25(37-4)26(17-21)38-5/h8-18,34H,6-7H2,1-5H3. The third-order valence-electron chi connectivity index (χ3n) is 6.57. The van der Waals surface area contributed by atoms with Crippen LogP contribution in [-0.2, 0) is 10.0 Å². The van der Waals surface area contributed by atoms with Crippen LogP contribution in [0.15, 0.2) is 75.3 Å². The Hall–Kier alpha value is -4.15. The lowest BCUT2D eigenvalue weighted by molar-refractivity contribution is 0.354. The molecule has 0 aliphatic rings. The number of aryl methyl sites for hydroxylation is 1. The van der Waals surface area contributed by atoms with E-state index in [0.717, 1.165) is 0 Å². The molecule has 0 saturated carbocycles. The van der Waals surface area contributed by atoms with Crippen LogP contribution < -0.4 is 15.0 Å². The number of ether oxygens (including phenoxy) is 2. The number of methoxy groups -OCH3 is 2. The molecular formula is C29H31N3O6S. The van der Waals surface area contributed by atoms with Gasteiger partial charge in [-0.25, -0.2) is 13.0 Å². The summed E-state index contributed by atoms with van der Waals surface area (Å²) in [6.45, 7) is 6.02. The monoisotopic (exact) mass is 549 g/mol. The van der Waals surface area contributed by atoms with E-state index >= 15 is 0 Å². The third kappa shape index (κ3) is 5.13. The highest BCUT2D eigenvalue weighted by Gasteiger charge is 2.24. The molecule has 0 fully saturated rings. The normalized spacial score (nSPS) is 11.9. The molecule has 0 unspecified atom stereocenters. The predicted octanol–water partition coefficient (Wildman–Crippen LogP) is 4.80. The summed E-state index contributed by atoms with van der Waals surface area (Å²) >= 11 is 0. The second kappa shape index (κ2) is 11.3. The molecule has 9 nitrogen and oxygen atoms in total. The van der Waals surface area contributed by atoms with Crippen LogP contribution in [0.3, 0.4) is 0 Å². The van der Waals surface area contributed by atoms with E-state index < -0.39 is 15.6 Å². The lowest BCUT2D eigenvalue weighted by Crippen LogP contribution is -2.31. The van der Waals surface area contributed by atoms with E-state index in [1.807, 2.05) is 0 Å². The van der Waals surface area contributed by atoms with Crippen molar-refractivity contribution in [2.75, 3.05) is 27.3 Å². The predicted molar refractivity (Wildman–Crippen MR) is 153 cm³/mol. The maximum absolute atomic E-state index is 13.5. The Morgan fingerprint density at radius 2 is 1.62 bits per heavy atom. The van der Waals surface area contributed by atoms with Gasteiger partial charge in [-0.1, -0.05) is 38.1 Å². The number of hydrogen-bond donors (Lipinski definition) is 1. The number of benzene rings is 3. The van der Waals surface area contributed by atoms with Gasteiger partial charge in [0.05, 0.1) is 36.1 Å². The maximum atomic E-state index is 13.5. The number of hydrogen-bond acceptors (Lipinski definition) is 7. The zero-order valence-corrected chi connectivity index (χ0v) is 23.3. The van der Waals surface area contributed by atoms with Crippen LogP contribution >= 0.6 is 0 Å². The first kappa shape index (κ1) is 27.9. The number of aromatic hydroxyl groups is 1. The molecule has 1 N–H and O–H groups in total. The van der Waals surface area contributed by atoms with Gasteiger partial charge in [0.2, 0.25) is 15.9 Å². The summed E-state index contributed by atoms with van der Waals surface area (Å²) in [6.07, 6.45) is 1.44. The lowest BCUT2D eigenvalue weighted by Gasteiger charge is -2.20. The van der Waals surface area contributed by atoms with Crippen molar-refractivity contribution >= 4 is 32.7 Å². The first-order valence-electron chi connectivity index (χ1n) is 12.4. The first-order chi connectivity index (χ1) is 18.7. The number of aromatic nitrogens is 1. The molecule has 3 aromatic carbocycles. The molecule has 1 heterocycles. The van der Waals surface area contributed by atoms with E-state index in [4.69, 9.17) is 9.47 Å². The average molecular weight is 550 g/mol. The van der Waals surface area contributed by atoms with Crippen molar-refractivity contribution in [3.63, 3.8) is 0 Å². The lowest BCUT2D eigenvalue weighted by atomic mass is 10.1. The van der Waals surface area contributed by atoms with Crippen LogP contribution in [-0.4, -0.2) is 55.9 Å². The zero-order chi connectivity index (χ0) is 28.3. The second-order valence-corrected chi connectivity index (χ2v) is 10.7. The van der Waals surface area contributed by atoms with Gasteiger partial charge < -0.3 is 14.6 Å². The molecule has 0 amide bonds. The Kier molecular flexibility index (Phi) is 8.08. The molecule has 0 aliphatic heterocycles. The van der Waals surface area contributed by atoms with Crippen LogP contribution in [0.4, 0.5) is 5.69 Å². The van der Waals surface area contributed by atoms with Crippen LogP contribution in [0, 0.1) is 6.92 Å². The Balaban J connectivity index is 1.90. The summed E-state index contributed by atoms with van der Waals surface area (Å²) in [5.74, 6) is 0.551. The second-order valence-electron chi connectivity index (χ2n) is 8.76. The molecule has 0 aliphatic carbocycles. The van der Waals surface area contributed by atoms with Gasteiger partial charge in [0.15, 0.2) is 11.5 Å². The van der Waals surface area contributed by atoms with E-state index in [2.05, 4.69) is 4.99 Å². The summed E-state index contributed by atoms with van der Waals surface area (Å²) < 4.78 is 39.6. The summed E-state index contributed by atoms with van der Waals surface area (Å²) in [6, 6.07) is 16.7. The molecule has 1 aromatic heterocycles. The SMILES string of the molecule is CCN(CC)S(=O)(=O)c1cc(N=Cc2c(O)n(-c3ccc(OC)c(OC)c3)c(=O)c3ccccc23)ccc1C. The van der Waals surface area contributed by atoms with Gasteiger partial charge in [-0.05, 0) is 42.8 Å². The Bertz CT molecular complexity index is 1720. The fraction of sp³-hybridized carbons (Fsp3) is 0.241. The van der Waals surface area contributed by atoms with E-state index in [0.29, 0.717) is 57.9 Å². The quantitative estimate of drug-likeness (QED) is 0.300. The van der Waals surface area contributed by atoms with Crippen LogP contribution in [0.1, 0.15) is 25.0 Å². The molecule has 204 valence electrons. The number of aliphatic imine (C=N–C) groups is 1. The maximum Gasteiger partial charge on any atom is 0.265 e. The molecule has 10 heteroatoms. The minimum absolute atomic E-state index is 0.172. The van der Waals surface area contributed by atoms with Gasteiger partial charge >= 0.3 is 0 Å². The minimum Gasteiger partial charge on any atom is -0.494 e. The molecule has 4 aromatic rings. The van der Waals surface area contributed by atoms with Gasteiger partial charge in [-0.2, -0.15) is 4.31 Å². The summed E-state index contributed by atoms with van der Waals surface area (Å²) in [7, 11) is -0.704. The van der Waals surface area contributed by atoms with E-state index in [9.17, 15) is 18.3 Å². The molecule has 0 radical (unpaired) electrons. The Morgan fingerprint density at radius 1 is 0.949 bits per heavy atom. The van der Waals surface area contributed by atoms with E-state index in [-0.39, 0.29) is 10.8 Å². The van der Waals surface area contributed by atoms with Crippen molar-refractivity contribution in [1.29, 1.82) is 0 Å². The van der Waals surface area contributed by atoms with Gasteiger partial charge in [-0.3, -0.25) is 9.79 Å². The van der Waals surface area contributed by atoms with Crippen molar-refractivity contribution in [1.82, 2.24) is 8.87 Å². The molecule has 0 bridgehead atoms. The van der Waals surface area contributed by atoms with Crippen molar-refractivity contribution in [3.05, 3.63) is 82.1 Å². The largest absolute Gasteiger partial charge is 0.494 e. The molecular weight excluding hydrogens is 518 g/mol. The fourth-order valence-corrected chi connectivity index (χ4v) is 6.18. The molecule has 0 spiro atoms. The Labute approximate surface area is 227 Å². The van der Waals surface area contributed by atoms with E-state index in [1.54, 1.807) is 75.4 Å². The topological polar surface area (TPSA) is 110 Å². The average Bonchev–Trinajstić information content (AvgIpc) is 2.94. The van der Waals surface area contributed by atoms with Crippen LogP contribution in [0.5, 0.6) is 17.4 Å². The summed E-state index contributed by atoms with van der Waals surface area (Å²) in [5.41, 5.74) is 1.25. The van der Waals surface area contributed by atoms with Gasteiger partial charge in [-0.15, -0.1) is 0 Å². The smallest absolute Gasteiger partial charge is 0.265 e. The number of rotatable bonds is 9. The fourth-order valence-electron chi connectivity index (χ4n) is 4.48. The highest BCUT2D eigenvalue weighted by molar-refractivity contribution is 7.89.